The molecule has 2 amide bonds. The fourth-order valence-electron chi connectivity index (χ4n) is 5.73. The molecule has 3 aromatic carbocycles. The van der Waals surface area contributed by atoms with Crippen LogP contribution in [-0.4, -0.2) is 54.5 Å². The molecule has 9 heteroatoms. The number of amides is 2. The zero-order chi connectivity index (χ0) is 28.1. The quantitative estimate of drug-likeness (QED) is 0.238. The maximum absolute atomic E-state index is 14.1. The van der Waals surface area contributed by atoms with E-state index in [-0.39, 0.29) is 24.4 Å². The largest absolute Gasteiger partial charge is 0.440 e. The van der Waals surface area contributed by atoms with E-state index in [4.69, 9.17) is 4.74 Å². The molecule has 2 bridgehead atoms. The number of thioether (sulfide) groups is 1. The van der Waals surface area contributed by atoms with Gasteiger partial charge in [0.2, 0.25) is 5.91 Å². The molecular formula is C31H34F2N3O3S+. The van der Waals surface area contributed by atoms with Gasteiger partial charge in [0, 0.05) is 42.0 Å². The normalized spacial score (nSPS) is 21.6. The minimum atomic E-state index is -0.513. The Morgan fingerprint density at radius 2 is 1.73 bits per heavy atom. The number of anilines is 2. The van der Waals surface area contributed by atoms with Crippen LogP contribution >= 0.6 is 11.8 Å². The highest BCUT2D eigenvalue weighted by molar-refractivity contribution is 7.99. The van der Waals surface area contributed by atoms with Crippen molar-refractivity contribution < 1.29 is 27.6 Å². The molecule has 0 aliphatic carbocycles. The van der Waals surface area contributed by atoms with Crippen molar-refractivity contribution in [2.24, 2.45) is 5.92 Å². The van der Waals surface area contributed by atoms with Gasteiger partial charge in [-0.2, -0.15) is 0 Å². The molecule has 0 aromatic heterocycles. The van der Waals surface area contributed by atoms with Crippen LogP contribution < -0.4 is 10.2 Å². The summed E-state index contributed by atoms with van der Waals surface area (Å²) in [7, 11) is 0. The van der Waals surface area contributed by atoms with Gasteiger partial charge in [0.25, 0.3) is 0 Å². The van der Waals surface area contributed by atoms with Crippen molar-refractivity contribution in [3.63, 3.8) is 0 Å². The zero-order valence-corrected chi connectivity index (χ0v) is 23.3. The molecule has 3 heterocycles. The van der Waals surface area contributed by atoms with E-state index in [0.717, 1.165) is 65.4 Å². The first-order valence-electron chi connectivity index (χ1n) is 13.6. The minimum Gasteiger partial charge on any atom is -0.440 e. The summed E-state index contributed by atoms with van der Waals surface area (Å²) >= 11 is 1.79. The maximum atomic E-state index is 14.1. The molecule has 0 radical (unpaired) electrons. The topological polar surface area (TPSA) is 58.6 Å². The number of rotatable bonds is 9. The molecule has 6 rings (SSSR count). The second kappa shape index (κ2) is 12.4. The number of nitrogens with zero attached hydrogens (tertiary/aromatic N) is 2. The van der Waals surface area contributed by atoms with Crippen molar-refractivity contribution in [1.82, 2.24) is 0 Å². The van der Waals surface area contributed by atoms with Crippen molar-refractivity contribution in [3.8, 4) is 0 Å². The summed E-state index contributed by atoms with van der Waals surface area (Å²) in [5, 5.41) is 2.79. The van der Waals surface area contributed by atoms with Crippen LogP contribution in [0.5, 0.6) is 0 Å². The average Bonchev–Trinajstić information content (AvgIpc) is 2.94. The van der Waals surface area contributed by atoms with Crippen LogP contribution in [0.4, 0.5) is 25.0 Å². The van der Waals surface area contributed by atoms with Crippen molar-refractivity contribution in [2.45, 2.75) is 37.3 Å². The number of ether oxygens (including phenoxy) is 1. The van der Waals surface area contributed by atoms with Gasteiger partial charge in [0.1, 0.15) is 18.2 Å². The van der Waals surface area contributed by atoms with Gasteiger partial charge in [0.15, 0.2) is 6.10 Å². The van der Waals surface area contributed by atoms with Gasteiger partial charge in [-0.1, -0.05) is 18.2 Å². The number of nitrogens with one attached hydrogen (secondary N) is 1. The predicted octanol–water partition coefficient (Wildman–Crippen LogP) is 6.47. The number of fused-ring (bicyclic) bond motifs is 3. The van der Waals surface area contributed by atoms with E-state index in [1.165, 1.54) is 36.1 Å². The number of halogens is 2. The summed E-state index contributed by atoms with van der Waals surface area (Å²) in [6.07, 6.45) is 1.29. The lowest BCUT2D eigenvalue weighted by atomic mass is 9.83. The molecule has 3 aromatic rings. The van der Waals surface area contributed by atoms with E-state index >= 15 is 0 Å². The van der Waals surface area contributed by atoms with E-state index < -0.39 is 11.9 Å². The lowest BCUT2D eigenvalue weighted by Gasteiger charge is -2.52. The van der Waals surface area contributed by atoms with E-state index in [2.05, 4.69) is 5.32 Å². The first-order chi connectivity index (χ1) is 19.3. The Morgan fingerprint density at radius 1 is 1.00 bits per heavy atom. The number of piperidine rings is 3. The molecule has 3 fully saturated rings. The van der Waals surface area contributed by atoms with Crippen LogP contribution in [0.3, 0.4) is 0 Å². The number of quaternary nitrogens is 1. The SMILES string of the molecule is CC(=O)Nc1ccc(SCC[N+]23CCC(CC2)[C@@H](OC(=O)N(Cc2ccc(F)cc2)c2cccc(F)c2)C3)cc1. The van der Waals surface area contributed by atoms with Crippen molar-refractivity contribution in [3.05, 3.63) is 90.0 Å². The molecule has 0 spiro atoms. The van der Waals surface area contributed by atoms with Crippen LogP contribution in [0.25, 0.3) is 0 Å². The van der Waals surface area contributed by atoms with E-state index in [1.807, 2.05) is 24.3 Å². The molecule has 1 N–H and O–H groups in total. The summed E-state index contributed by atoms with van der Waals surface area (Å²) in [5.41, 5.74) is 1.91. The number of hydrogen-bond donors (Lipinski definition) is 1. The predicted molar refractivity (Wildman–Crippen MR) is 153 cm³/mol. The van der Waals surface area contributed by atoms with Gasteiger partial charge >= 0.3 is 6.09 Å². The van der Waals surface area contributed by atoms with Crippen molar-refractivity contribution in [2.75, 3.05) is 42.1 Å². The molecule has 0 saturated carbocycles. The molecule has 3 saturated heterocycles. The third kappa shape index (κ3) is 7.01. The Hall–Kier alpha value is -3.43. The third-order valence-electron chi connectivity index (χ3n) is 7.90. The van der Waals surface area contributed by atoms with Gasteiger partial charge in [0.05, 0.1) is 31.9 Å². The zero-order valence-electron chi connectivity index (χ0n) is 22.5. The van der Waals surface area contributed by atoms with Crippen molar-refractivity contribution in [1.29, 1.82) is 0 Å². The van der Waals surface area contributed by atoms with Gasteiger partial charge in [-0.3, -0.25) is 9.69 Å². The van der Waals surface area contributed by atoms with Gasteiger partial charge in [-0.05, 0) is 60.2 Å². The molecule has 1 atom stereocenters. The molecule has 40 heavy (non-hydrogen) atoms. The standard InChI is InChI=1S/C31H33F2N3O3S/c1-22(37)34-27-9-11-29(12-10-27)40-18-17-36-15-13-24(14-16-36)30(21-36)39-31(38)35(28-4-2-3-26(33)19-28)20-23-5-7-25(32)8-6-23/h2-12,19,24,30H,13-18,20-21H2,1H3/p+1/t24?,30-,36?/m0/s1. The van der Waals surface area contributed by atoms with Gasteiger partial charge < -0.3 is 14.5 Å². The Labute approximate surface area is 237 Å². The molecule has 0 unspecified atom stereocenters. The second-order valence-corrected chi connectivity index (χ2v) is 11.9. The Balaban J connectivity index is 1.22. The highest BCUT2D eigenvalue weighted by atomic mass is 32.2. The van der Waals surface area contributed by atoms with Crippen LogP contribution in [0.15, 0.2) is 77.7 Å². The minimum absolute atomic E-state index is 0.0885. The highest BCUT2D eigenvalue weighted by Crippen LogP contribution is 2.37. The van der Waals surface area contributed by atoms with Gasteiger partial charge in [-0.15, -0.1) is 11.8 Å². The van der Waals surface area contributed by atoms with E-state index in [1.54, 1.807) is 36.0 Å². The summed E-state index contributed by atoms with van der Waals surface area (Å²) in [6.45, 7) is 5.53. The third-order valence-corrected chi connectivity index (χ3v) is 8.89. The van der Waals surface area contributed by atoms with E-state index in [9.17, 15) is 18.4 Å². The highest BCUT2D eigenvalue weighted by Gasteiger charge is 2.47. The first kappa shape index (κ1) is 28.1. The van der Waals surface area contributed by atoms with Gasteiger partial charge in [-0.25, -0.2) is 13.6 Å². The smallest absolute Gasteiger partial charge is 0.415 e. The summed E-state index contributed by atoms with van der Waals surface area (Å²) in [4.78, 5) is 27.4. The Morgan fingerprint density at radius 3 is 2.40 bits per heavy atom. The molecule has 3 aliphatic rings. The number of carbonyl (C=O) groups excluding carboxylic acids is 2. The van der Waals surface area contributed by atoms with Crippen LogP contribution in [0.1, 0.15) is 25.3 Å². The molecule has 3 aliphatic heterocycles. The number of hydrogen-bond acceptors (Lipinski definition) is 4. The summed E-state index contributed by atoms with van der Waals surface area (Å²) in [6, 6.07) is 19.7. The fraction of sp³-hybridized carbons (Fsp3) is 0.355. The Kier molecular flexibility index (Phi) is 8.71. The average molecular weight is 567 g/mol. The lowest BCUT2D eigenvalue weighted by Crippen LogP contribution is -2.65. The first-order valence-corrected chi connectivity index (χ1v) is 14.6. The van der Waals surface area contributed by atoms with Crippen LogP contribution in [0, 0.1) is 17.6 Å². The van der Waals surface area contributed by atoms with Crippen LogP contribution in [-0.2, 0) is 16.1 Å². The Bertz CT molecular complexity index is 1330. The van der Waals surface area contributed by atoms with Crippen molar-refractivity contribution >= 4 is 35.1 Å². The molecule has 6 nitrogen and oxygen atoms in total. The summed E-state index contributed by atoms with van der Waals surface area (Å²) < 4.78 is 34.6. The van der Waals surface area contributed by atoms with Crippen LogP contribution in [0.2, 0.25) is 0 Å². The number of carbonyl (C=O) groups is 2. The maximum Gasteiger partial charge on any atom is 0.415 e. The molecule has 210 valence electrons. The summed E-state index contributed by atoms with van der Waals surface area (Å²) in [5.74, 6) is 0.367. The van der Waals surface area contributed by atoms with E-state index in [0.29, 0.717) is 11.6 Å². The second-order valence-electron chi connectivity index (χ2n) is 10.7. The number of benzene rings is 3. The molecular weight excluding hydrogens is 532 g/mol. The lowest BCUT2D eigenvalue weighted by molar-refractivity contribution is -0.943. The fourth-order valence-corrected chi connectivity index (χ4v) is 6.78. The monoisotopic (exact) mass is 566 g/mol.